The fourth-order valence-electron chi connectivity index (χ4n) is 16.2. The van der Waals surface area contributed by atoms with Crippen molar-refractivity contribution >= 4 is 129 Å². The fourth-order valence-corrected chi connectivity index (χ4v) is 16.2. The topological polar surface area (TPSA) is 780 Å². The summed E-state index contributed by atoms with van der Waals surface area (Å²) in [6.45, 7) is -2.17. The molecule has 4 heterocycles. The first-order valence-electron chi connectivity index (χ1n) is 49.3. The van der Waals surface area contributed by atoms with E-state index in [2.05, 4.69) is 94.7 Å². The van der Waals surface area contributed by atoms with E-state index in [0.717, 1.165) is 88.4 Å². The molecular weight excluding hydrogens is 1880 g/mol. The van der Waals surface area contributed by atoms with E-state index in [-0.39, 0.29) is 122 Å². The van der Waals surface area contributed by atoms with Gasteiger partial charge in [-0.25, -0.2) is 9.78 Å². The number of carbonyl (C=O) groups is 19. The minimum Gasteiger partial charge on any atom is -0.481 e. The molecule has 0 radical (unpaired) electrons. The van der Waals surface area contributed by atoms with Crippen molar-refractivity contribution in [3.05, 3.63) is 90.1 Å². The highest BCUT2D eigenvalue weighted by atomic mass is 16.5. The average Bonchev–Trinajstić information content (AvgIpc) is 1.65. The van der Waals surface area contributed by atoms with E-state index in [1.807, 2.05) is 0 Å². The monoisotopic (exact) mass is 2020 g/mol. The average molecular weight is 2020 g/mol. The lowest BCUT2D eigenvalue weighted by Gasteiger charge is -2.31. The Hall–Kier alpha value is -13.8. The number of nitrogens with one attached hydrogen (secondary N) is 18. The molecule has 0 bridgehead atoms. The van der Waals surface area contributed by atoms with E-state index in [4.69, 9.17) is 42.9 Å². The first-order valence-corrected chi connectivity index (χ1v) is 49.3. The summed E-state index contributed by atoms with van der Waals surface area (Å²) < 4.78 is 10.7. The summed E-state index contributed by atoms with van der Waals surface area (Å²) in [4.78, 5) is 271. The van der Waals surface area contributed by atoms with Crippen LogP contribution >= 0.6 is 0 Å². The van der Waals surface area contributed by atoms with Crippen LogP contribution in [0.3, 0.4) is 0 Å². The predicted molar refractivity (Wildman–Crippen MR) is 522 cm³/mol. The summed E-state index contributed by atoms with van der Waals surface area (Å²) >= 11 is 0. The fraction of sp³-hybridized carbons (Fsp3) is 0.611. The number of fused-ring (bicyclic) bond motifs is 2. The number of aromatic amines is 2. The molecule has 13 atom stereocenters. The minimum atomic E-state index is -1.81. The SMILES string of the molecule is CCCC[C@H](NC(=O)[C@H](CN)NC(=O)[C@H](Cc1c[nH]cn1)NC(=O)[C@H](CCC(N)=O)NC(=O)[C@H](CO)NC(=O)CNC(=O)COCCOCCNC(=O)C[C@H](NC(=O)CCCCCCCCCCCCCCCCC(=O)O)C(=O)O)C(=O)N[C@H]1CCC(=O)NCCCC[C@@H](C(N)=O)NC(=O)[C@H](Cc2c[nH]c3ccccc23)NC(=O)[C@H](CCCNC(=N)N)NC(=O)[C@@H](Cc2ccccc2)NC(=O)[C@@H]2C[C@@H](O)CN2C1=O. The van der Waals surface area contributed by atoms with Gasteiger partial charge in [-0.2, -0.15) is 0 Å². The number of imidazole rings is 1. The third-order valence-corrected chi connectivity index (χ3v) is 24.1. The van der Waals surface area contributed by atoms with Gasteiger partial charge in [0.15, 0.2) is 5.96 Å². The number of hydrogen-bond acceptors (Lipinski definition) is 26. The Morgan fingerprint density at radius 1 is 0.562 bits per heavy atom. The second-order valence-electron chi connectivity index (χ2n) is 35.7. The van der Waals surface area contributed by atoms with Crippen molar-refractivity contribution in [1.29, 1.82) is 5.41 Å². The number of nitrogens with two attached hydrogens (primary N) is 4. The number of H-pyrrole nitrogens is 2. The number of amides is 17. The van der Waals surface area contributed by atoms with Crippen LogP contribution in [-0.4, -0.2) is 310 Å². The van der Waals surface area contributed by atoms with Crippen LogP contribution in [0.2, 0.25) is 0 Å². The third-order valence-electron chi connectivity index (χ3n) is 24.1. The minimum absolute atomic E-state index is 0.0274. The molecule has 30 N–H and O–H groups in total. The molecule has 0 unspecified atom stereocenters. The second kappa shape index (κ2) is 66.1. The Bertz CT molecular complexity index is 4840. The molecule has 2 fully saturated rings. The molecule has 49 nitrogen and oxygen atoms in total. The van der Waals surface area contributed by atoms with Gasteiger partial charge in [0.25, 0.3) is 0 Å². The number of guanidine groups is 1. The van der Waals surface area contributed by atoms with Crippen molar-refractivity contribution in [1.82, 2.24) is 99.6 Å². The van der Waals surface area contributed by atoms with Gasteiger partial charge in [0.2, 0.25) is 100 Å². The van der Waals surface area contributed by atoms with Crippen LogP contribution in [0.5, 0.6) is 0 Å². The van der Waals surface area contributed by atoms with Crippen LogP contribution in [0.15, 0.2) is 73.3 Å². The normalized spacial score (nSPS) is 18.5. The van der Waals surface area contributed by atoms with E-state index in [0.29, 0.717) is 34.9 Å². The molecule has 2 aromatic carbocycles. The van der Waals surface area contributed by atoms with Crippen LogP contribution in [0.4, 0.5) is 0 Å². The van der Waals surface area contributed by atoms with E-state index in [1.165, 1.54) is 12.5 Å². The third kappa shape index (κ3) is 45.6. The summed E-state index contributed by atoms with van der Waals surface area (Å²) in [5.41, 5.74) is 25.1. The molecule has 49 heteroatoms. The number of carboxylic acid groups (broad SMARTS) is 2. The lowest BCUT2D eigenvalue weighted by atomic mass is 10.0. The lowest BCUT2D eigenvalue weighted by molar-refractivity contribution is -0.143. The number of benzene rings is 2. The second-order valence-corrected chi connectivity index (χ2v) is 35.7. The molecule has 2 aliphatic heterocycles. The van der Waals surface area contributed by atoms with E-state index in [1.54, 1.807) is 67.7 Å². The summed E-state index contributed by atoms with van der Waals surface area (Å²) in [6, 6.07) is -3.51. The Morgan fingerprint density at radius 3 is 1.79 bits per heavy atom. The molecule has 2 saturated heterocycles. The summed E-state index contributed by atoms with van der Waals surface area (Å²) in [6.07, 6.45) is 14.2. The zero-order valence-corrected chi connectivity index (χ0v) is 81.6. The number of aliphatic hydroxyl groups excluding tert-OH is 2. The van der Waals surface area contributed by atoms with Gasteiger partial charge < -0.3 is 147 Å². The summed E-state index contributed by atoms with van der Waals surface area (Å²) in [7, 11) is 0. The van der Waals surface area contributed by atoms with E-state index in [9.17, 15) is 92.0 Å². The molecule has 796 valence electrons. The van der Waals surface area contributed by atoms with Gasteiger partial charge in [-0.15, -0.1) is 0 Å². The molecule has 0 aliphatic carbocycles. The lowest BCUT2D eigenvalue weighted by Crippen LogP contribution is -2.62. The molecule has 0 spiro atoms. The summed E-state index contributed by atoms with van der Waals surface area (Å²) in [5.74, 6) is -18.2. The Balaban J connectivity index is 1.05. The zero-order valence-electron chi connectivity index (χ0n) is 81.6. The number of carboxylic acids is 2. The summed E-state index contributed by atoms with van der Waals surface area (Å²) in [5, 5.41) is 86.7. The van der Waals surface area contributed by atoms with Crippen LogP contribution < -0.4 is 103 Å². The number of unbranched alkanes of at least 4 members (excludes halogenated alkanes) is 14. The van der Waals surface area contributed by atoms with Crippen molar-refractivity contribution in [2.75, 3.05) is 72.3 Å². The van der Waals surface area contributed by atoms with Crippen molar-refractivity contribution < 1.29 is 121 Å². The van der Waals surface area contributed by atoms with Crippen LogP contribution in [0.25, 0.3) is 10.9 Å². The molecule has 2 aliphatic rings. The predicted octanol–water partition coefficient (Wildman–Crippen LogP) is -3.48. The van der Waals surface area contributed by atoms with Crippen LogP contribution in [0, 0.1) is 5.41 Å². The highest BCUT2D eigenvalue weighted by Crippen LogP contribution is 2.25. The number of aliphatic hydroxyl groups is 2. The molecular formula is C95H146N24O25. The Kier molecular flexibility index (Phi) is 54.6. The van der Waals surface area contributed by atoms with Crippen LogP contribution in [0.1, 0.15) is 216 Å². The van der Waals surface area contributed by atoms with Crippen molar-refractivity contribution in [2.45, 2.75) is 297 Å². The smallest absolute Gasteiger partial charge is 0.326 e. The number of para-hydroxylation sites is 1. The first kappa shape index (κ1) is 119. The highest BCUT2D eigenvalue weighted by molar-refractivity contribution is 6.01. The van der Waals surface area contributed by atoms with Gasteiger partial charge in [-0.1, -0.05) is 145 Å². The molecule has 17 amide bonds. The van der Waals surface area contributed by atoms with Gasteiger partial charge >= 0.3 is 11.9 Å². The van der Waals surface area contributed by atoms with Crippen molar-refractivity contribution in [3.63, 3.8) is 0 Å². The number of carbonyl (C=O) groups excluding carboxylic acids is 17. The largest absolute Gasteiger partial charge is 0.481 e. The van der Waals surface area contributed by atoms with Gasteiger partial charge in [0.1, 0.15) is 79.1 Å². The maximum Gasteiger partial charge on any atom is 0.326 e. The Labute approximate surface area is 834 Å². The number of aromatic nitrogens is 3. The molecule has 0 saturated carbocycles. The standard InChI is InChI=1S/C95H146N24O25/c1-2-3-29-65(84(131)114-68-36-38-77(123)102-39-24-23-31-64(83(98)130)110-88(135)70(46-59-51-105-63-30-22-21-28-62(59)63)115-85(132)66(32-25-40-104-95(99)100)111-87(134)69(45-58-26-17-16-18-27-58)117-92(139)75-48-61(121)54-119(75)93(68)140)112-90(137)73(50-96)118-89(136)71(47-60-52-101-57-107-60)116-86(133)67(35-37-76(97)122)113-91(138)74(55-120)109-80(126)53-106-81(127)56-144-44-43-143-42-41-103-79(125)49-72(94(141)142)108-78(124)33-19-14-12-10-8-6-4-5-7-9-11-13-15-20-34-82(128)129/h16-18,21-22,26-28,30,51-52,57,61,64-75,105,120-121H,2-15,19-20,23-25,29,31-50,53-56,96H2,1H3,(H2,97,122)(H2,98,130)(H,101,107)(H,102,123)(H,103,125)(H,106,127)(H,108,124)(H,109,126)(H,110,135)(H,111,134)(H,112,137)(H,113,138)(H,114,131)(H,115,132)(H,116,133)(H,117,139)(H,118,136)(H,128,129)(H,141,142)(H4,99,100,104)/t61-,64+,65+,66+,67+,68+,69-,70+,71+,72+,73+,74+,75+/m1/s1. The number of aliphatic carboxylic acids is 2. The molecule has 2 aromatic heterocycles. The molecule has 4 aromatic rings. The maximum atomic E-state index is 15.3. The van der Waals surface area contributed by atoms with E-state index < -0.39 is 269 Å². The molecule has 144 heavy (non-hydrogen) atoms. The van der Waals surface area contributed by atoms with E-state index >= 15 is 14.4 Å². The number of hydrogen-bond donors (Lipinski definition) is 26. The zero-order chi connectivity index (χ0) is 105. The van der Waals surface area contributed by atoms with Gasteiger partial charge in [-0.3, -0.25) is 91.7 Å². The first-order chi connectivity index (χ1) is 69.1. The number of primary amides is 2. The quantitative estimate of drug-likeness (QED) is 0.0116. The number of rotatable bonds is 61. The number of ether oxygens (including phenoxy) is 2. The van der Waals surface area contributed by atoms with Gasteiger partial charge in [-0.05, 0) is 81.4 Å². The van der Waals surface area contributed by atoms with Crippen molar-refractivity contribution in [3.8, 4) is 0 Å². The van der Waals surface area contributed by atoms with Crippen LogP contribution in [-0.2, 0) is 120 Å². The molecule has 6 rings (SSSR count). The highest BCUT2D eigenvalue weighted by Gasteiger charge is 2.45. The van der Waals surface area contributed by atoms with Crippen molar-refractivity contribution in [2.24, 2.45) is 22.9 Å². The Morgan fingerprint density at radius 2 is 1.15 bits per heavy atom. The van der Waals surface area contributed by atoms with Gasteiger partial charge in [0.05, 0.1) is 57.5 Å². The maximum absolute atomic E-state index is 15.3. The number of nitrogens with zero attached hydrogens (tertiary/aromatic N) is 2. The van der Waals surface area contributed by atoms with Gasteiger partial charge in [0, 0.05) is 107 Å².